The predicted molar refractivity (Wildman–Crippen MR) is 83.4 cm³/mol. The van der Waals surface area contributed by atoms with E-state index in [2.05, 4.69) is 0 Å². The zero-order valence-corrected chi connectivity index (χ0v) is 13.8. The zero-order valence-electron chi connectivity index (χ0n) is 13.8. The lowest BCUT2D eigenvalue weighted by Gasteiger charge is -2.40. The van der Waals surface area contributed by atoms with Gasteiger partial charge in [0.15, 0.2) is 5.76 Å². The molecule has 1 aliphatic carbocycles. The Morgan fingerprint density at radius 2 is 1.77 bits per heavy atom. The van der Waals surface area contributed by atoms with Gasteiger partial charge in [-0.2, -0.15) is 26.3 Å². The van der Waals surface area contributed by atoms with Crippen LogP contribution in [0.1, 0.15) is 20.3 Å². The van der Waals surface area contributed by atoms with Crippen LogP contribution in [0.4, 0.5) is 26.3 Å². The molecule has 0 radical (unpaired) electrons. The lowest BCUT2D eigenvalue weighted by atomic mass is 9.70. The fraction of sp³-hybridized carbons (Fsp3) is 0.412. The van der Waals surface area contributed by atoms with Crippen LogP contribution in [0.2, 0.25) is 0 Å². The molecule has 26 heavy (non-hydrogen) atoms. The standard InChI is InChI=1S/C17H17F6NO2/c1-4-13(25)12(24)8-10(3)15(16(18,19)20,17(21,22)23)11-5-6-14(26)9(2)7-11/h1,5,7-8,14,25-26H,6,24H2,2-3H3/b10-8+,13-12-. The Morgan fingerprint density at radius 1 is 1.27 bits per heavy atom. The van der Waals surface area contributed by atoms with Crippen molar-refractivity contribution in [3.8, 4) is 12.3 Å². The molecule has 4 N–H and O–H groups in total. The summed E-state index contributed by atoms with van der Waals surface area (Å²) < 4.78 is 82.9. The van der Waals surface area contributed by atoms with Crippen LogP contribution in [0.3, 0.4) is 0 Å². The van der Waals surface area contributed by atoms with Crippen LogP contribution in [0.15, 0.2) is 46.4 Å². The van der Waals surface area contributed by atoms with Crippen molar-refractivity contribution < 1.29 is 36.6 Å². The van der Waals surface area contributed by atoms with E-state index in [1.807, 2.05) is 0 Å². The number of nitrogens with two attached hydrogens (primary N) is 1. The fourth-order valence-corrected chi connectivity index (χ4v) is 2.74. The van der Waals surface area contributed by atoms with Crippen LogP contribution in [0.5, 0.6) is 0 Å². The molecule has 9 heteroatoms. The van der Waals surface area contributed by atoms with E-state index in [4.69, 9.17) is 12.2 Å². The largest absolute Gasteiger partial charge is 0.499 e. The van der Waals surface area contributed by atoms with Gasteiger partial charge in [0.05, 0.1) is 11.8 Å². The summed E-state index contributed by atoms with van der Waals surface area (Å²) in [6.45, 7) is 1.83. The molecule has 0 bridgehead atoms. The van der Waals surface area contributed by atoms with Gasteiger partial charge in [-0.15, -0.1) is 6.42 Å². The first kappa shape index (κ1) is 21.7. The van der Waals surface area contributed by atoms with Crippen LogP contribution < -0.4 is 5.73 Å². The zero-order chi connectivity index (χ0) is 20.5. The van der Waals surface area contributed by atoms with Gasteiger partial charge >= 0.3 is 12.4 Å². The van der Waals surface area contributed by atoms with E-state index in [9.17, 15) is 36.6 Å². The van der Waals surface area contributed by atoms with Gasteiger partial charge in [-0.05, 0) is 49.0 Å². The number of rotatable bonds is 3. The highest BCUT2D eigenvalue weighted by Crippen LogP contribution is 2.60. The molecule has 0 aromatic rings. The first-order valence-corrected chi connectivity index (χ1v) is 7.24. The number of halogens is 6. The van der Waals surface area contributed by atoms with Crippen LogP contribution in [0, 0.1) is 17.8 Å². The maximum atomic E-state index is 13.8. The van der Waals surface area contributed by atoms with Crippen LogP contribution >= 0.6 is 0 Å². The van der Waals surface area contributed by atoms with Gasteiger partial charge in [0.1, 0.15) is 0 Å². The van der Waals surface area contributed by atoms with Crippen molar-refractivity contribution >= 4 is 0 Å². The van der Waals surface area contributed by atoms with Gasteiger partial charge in [-0.3, -0.25) is 0 Å². The molecule has 0 fully saturated rings. The Bertz CT molecular complexity index is 718. The molecule has 0 aromatic heterocycles. The van der Waals surface area contributed by atoms with Crippen LogP contribution in [0.25, 0.3) is 0 Å². The number of aliphatic hydroxyl groups excluding tert-OH is 2. The molecular formula is C17H17F6NO2. The van der Waals surface area contributed by atoms with E-state index in [0.717, 1.165) is 0 Å². The van der Waals surface area contributed by atoms with E-state index in [1.54, 1.807) is 5.92 Å². The Balaban J connectivity index is 3.86. The third kappa shape index (κ3) is 3.60. The second kappa shape index (κ2) is 7.11. The lowest BCUT2D eigenvalue weighted by Crippen LogP contribution is -2.52. The number of hydrogen-bond donors (Lipinski definition) is 3. The Labute approximate surface area is 146 Å². The molecule has 0 heterocycles. The quantitative estimate of drug-likeness (QED) is 0.299. The number of terminal acetylenes is 1. The molecule has 0 aromatic carbocycles. The summed E-state index contributed by atoms with van der Waals surface area (Å²) in [6, 6.07) is 0. The van der Waals surface area contributed by atoms with Crippen LogP contribution in [-0.4, -0.2) is 28.7 Å². The maximum absolute atomic E-state index is 13.8. The van der Waals surface area contributed by atoms with Crippen molar-refractivity contribution in [3.05, 3.63) is 46.4 Å². The molecule has 0 saturated heterocycles. The fourth-order valence-electron chi connectivity index (χ4n) is 2.74. The molecule has 0 aliphatic heterocycles. The van der Waals surface area contributed by atoms with Gasteiger partial charge in [0.25, 0.3) is 0 Å². The second-order valence-corrected chi connectivity index (χ2v) is 5.82. The van der Waals surface area contributed by atoms with Crippen molar-refractivity contribution in [1.29, 1.82) is 0 Å². The Morgan fingerprint density at radius 3 is 2.15 bits per heavy atom. The summed E-state index contributed by atoms with van der Waals surface area (Å²) in [5, 5.41) is 18.9. The molecule has 0 spiro atoms. The SMILES string of the molecule is C#C/C(O)=C(N)\C=C(/C)C(C1=CCC(O)C(C)=C1)(C(F)(F)F)C(F)(F)F. The number of alkyl halides is 6. The summed E-state index contributed by atoms with van der Waals surface area (Å²) in [5.74, 6) is 0.651. The minimum Gasteiger partial charge on any atom is -0.499 e. The highest BCUT2D eigenvalue weighted by Gasteiger charge is 2.73. The molecular weight excluding hydrogens is 364 g/mol. The third-order valence-electron chi connectivity index (χ3n) is 4.13. The molecule has 3 nitrogen and oxygen atoms in total. The lowest BCUT2D eigenvalue weighted by molar-refractivity contribution is -0.309. The topological polar surface area (TPSA) is 66.5 Å². The van der Waals surface area contributed by atoms with E-state index >= 15 is 0 Å². The number of aliphatic hydroxyl groups is 2. The highest BCUT2D eigenvalue weighted by molar-refractivity contribution is 5.46. The van der Waals surface area contributed by atoms with Gasteiger partial charge in [0.2, 0.25) is 5.41 Å². The second-order valence-electron chi connectivity index (χ2n) is 5.82. The predicted octanol–water partition coefficient (Wildman–Crippen LogP) is 4.04. The third-order valence-corrected chi connectivity index (χ3v) is 4.13. The van der Waals surface area contributed by atoms with Crippen LogP contribution in [-0.2, 0) is 0 Å². The summed E-state index contributed by atoms with van der Waals surface area (Å²) in [6.07, 6.45) is -6.57. The van der Waals surface area contributed by atoms with E-state index in [0.29, 0.717) is 25.2 Å². The summed E-state index contributed by atoms with van der Waals surface area (Å²) in [7, 11) is 0. The molecule has 1 unspecified atom stereocenters. The summed E-state index contributed by atoms with van der Waals surface area (Å²) in [5.41, 5.74) is -2.23. The van der Waals surface area contributed by atoms with E-state index in [-0.39, 0.29) is 5.57 Å². The average Bonchev–Trinajstić information content (AvgIpc) is 2.47. The van der Waals surface area contributed by atoms with E-state index < -0.39 is 52.9 Å². The van der Waals surface area contributed by atoms with Gasteiger partial charge in [-0.1, -0.05) is 12.2 Å². The first-order chi connectivity index (χ1) is 11.7. The maximum Gasteiger partial charge on any atom is 0.410 e. The Hall–Kier alpha value is -2.34. The molecule has 144 valence electrons. The van der Waals surface area contributed by atoms with E-state index in [1.165, 1.54) is 6.92 Å². The number of allylic oxidation sites excluding steroid dienone is 5. The van der Waals surface area contributed by atoms with Gasteiger partial charge < -0.3 is 15.9 Å². The highest BCUT2D eigenvalue weighted by atomic mass is 19.4. The minimum atomic E-state index is -5.78. The smallest absolute Gasteiger partial charge is 0.410 e. The summed E-state index contributed by atoms with van der Waals surface area (Å²) >= 11 is 0. The normalized spacial score (nSPS) is 20.8. The number of hydrogen-bond acceptors (Lipinski definition) is 3. The Kier molecular flexibility index (Phi) is 5.94. The van der Waals surface area contributed by atoms with Crippen molar-refractivity contribution in [2.45, 2.75) is 38.7 Å². The molecule has 0 amide bonds. The summed E-state index contributed by atoms with van der Waals surface area (Å²) in [4.78, 5) is 0. The van der Waals surface area contributed by atoms with Gasteiger partial charge in [0, 0.05) is 0 Å². The minimum absolute atomic E-state index is 0.0387. The molecule has 0 saturated carbocycles. The molecule has 1 aliphatic rings. The monoisotopic (exact) mass is 381 g/mol. The molecule has 1 rings (SSSR count). The molecule has 1 atom stereocenters. The van der Waals surface area contributed by atoms with Crippen molar-refractivity contribution in [2.24, 2.45) is 11.1 Å². The average molecular weight is 381 g/mol. The van der Waals surface area contributed by atoms with Crippen molar-refractivity contribution in [1.82, 2.24) is 0 Å². The first-order valence-electron chi connectivity index (χ1n) is 7.24. The van der Waals surface area contributed by atoms with Crippen molar-refractivity contribution in [3.63, 3.8) is 0 Å². The van der Waals surface area contributed by atoms with Crippen molar-refractivity contribution in [2.75, 3.05) is 0 Å². The van der Waals surface area contributed by atoms with Gasteiger partial charge in [-0.25, -0.2) is 0 Å².